The van der Waals surface area contributed by atoms with E-state index in [1.165, 1.54) is 0 Å². The number of hydrogen-bond donors (Lipinski definition) is 2. The molecule has 0 heterocycles. The third-order valence-corrected chi connectivity index (χ3v) is 6.04. The summed E-state index contributed by atoms with van der Waals surface area (Å²) in [5.41, 5.74) is 9.59. The third kappa shape index (κ3) is 5.15. The van der Waals surface area contributed by atoms with Gasteiger partial charge in [0.2, 0.25) is 0 Å². The molecule has 0 unspecified atom stereocenters. The van der Waals surface area contributed by atoms with Crippen molar-refractivity contribution in [3.05, 3.63) is 0 Å². The molecule has 3 nitrogen and oxygen atoms in total. The molecule has 1 atom stereocenters. The van der Waals surface area contributed by atoms with Gasteiger partial charge < -0.3 is 0 Å². The number of carboxylic acids is 1. The van der Waals surface area contributed by atoms with E-state index >= 15 is 0 Å². The monoisotopic (exact) mass is 225 g/mol. The van der Waals surface area contributed by atoms with Gasteiger partial charge in [-0.05, 0) is 0 Å². The molecule has 0 aliphatic carbocycles. The molecule has 10 heavy (non-hydrogen) atoms. The average molecular weight is 225 g/mol. The van der Waals surface area contributed by atoms with E-state index < -0.39 is 25.5 Å². The number of aliphatic carboxylic acids is 1. The second kappa shape index (κ2) is 5.05. The van der Waals surface area contributed by atoms with Gasteiger partial charge in [0.1, 0.15) is 0 Å². The van der Waals surface area contributed by atoms with Crippen molar-refractivity contribution >= 4 is 29.5 Å². The van der Waals surface area contributed by atoms with E-state index in [4.69, 9.17) is 10.8 Å². The quantitative estimate of drug-likeness (QED) is 0.679. The predicted molar refractivity (Wildman–Crippen MR) is 45.6 cm³/mol. The fraction of sp³-hybridized carbons (Fsp3) is 0.800. The summed E-state index contributed by atoms with van der Waals surface area (Å²) in [6.07, 6.45) is 0. The van der Waals surface area contributed by atoms with Gasteiger partial charge >= 0.3 is 68.3 Å². The van der Waals surface area contributed by atoms with Crippen molar-refractivity contribution < 1.29 is 9.90 Å². The van der Waals surface area contributed by atoms with E-state index in [1.54, 1.807) is 10.0 Å². The summed E-state index contributed by atoms with van der Waals surface area (Å²) in [4.78, 5) is 10.2. The zero-order chi connectivity index (χ0) is 8.15. The molecule has 3 N–H and O–H groups in total. The number of rotatable bonds is 4. The van der Waals surface area contributed by atoms with E-state index in [2.05, 4.69) is 11.4 Å². The summed E-state index contributed by atoms with van der Waals surface area (Å²) in [6, 6.07) is -0.679. The number of carboxylic acid groups (broad SMARTS) is 1. The summed E-state index contributed by atoms with van der Waals surface area (Å²) in [5.74, 6) is -0.342. The zero-order valence-corrected chi connectivity index (χ0v) is 8.77. The standard InChI is InChI=1S/C5H12AsNO2S/c1-6(2)10-3-4(7)5(8)9/h4H,3,7H2,1-2H3,(H,8,9)/t4-/m1/s1. The van der Waals surface area contributed by atoms with Crippen LogP contribution in [-0.2, 0) is 4.79 Å². The topological polar surface area (TPSA) is 63.3 Å². The first-order valence-corrected chi connectivity index (χ1v) is 9.82. The fourth-order valence-electron chi connectivity index (χ4n) is 0.301. The van der Waals surface area contributed by atoms with Gasteiger partial charge in [0.25, 0.3) is 0 Å². The van der Waals surface area contributed by atoms with Crippen LogP contribution in [0.25, 0.3) is 0 Å². The van der Waals surface area contributed by atoms with Crippen LogP contribution in [0.3, 0.4) is 0 Å². The molecule has 0 radical (unpaired) electrons. The number of nitrogens with two attached hydrogens (primary N) is 1. The van der Waals surface area contributed by atoms with Gasteiger partial charge in [-0.25, -0.2) is 0 Å². The Bertz CT molecular complexity index is 120. The molecule has 0 aromatic heterocycles. The molecular weight excluding hydrogens is 213 g/mol. The van der Waals surface area contributed by atoms with Crippen molar-refractivity contribution in [3.63, 3.8) is 0 Å². The van der Waals surface area contributed by atoms with Crippen LogP contribution in [-0.4, -0.2) is 36.4 Å². The van der Waals surface area contributed by atoms with E-state index in [9.17, 15) is 4.79 Å². The van der Waals surface area contributed by atoms with Gasteiger partial charge in [0, 0.05) is 0 Å². The second-order valence-corrected chi connectivity index (χ2v) is 11.5. The van der Waals surface area contributed by atoms with Crippen LogP contribution in [0.15, 0.2) is 0 Å². The summed E-state index contributed by atoms with van der Waals surface area (Å²) < 4.78 is 0. The fourth-order valence-corrected chi connectivity index (χ4v) is 3.79. The Labute approximate surface area is 68.6 Å². The Morgan fingerprint density at radius 3 is 2.60 bits per heavy atom. The molecule has 0 spiro atoms. The van der Waals surface area contributed by atoms with E-state index in [0.29, 0.717) is 5.75 Å². The Balaban J connectivity index is 3.40. The van der Waals surface area contributed by atoms with Crippen LogP contribution < -0.4 is 5.73 Å². The Morgan fingerprint density at radius 1 is 1.80 bits per heavy atom. The van der Waals surface area contributed by atoms with Gasteiger partial charge in [0.05, 0.1) is 0 Å². The summed E-state index contributed by atoms with van der Waals surface area (Å²) in [7, 11) is 1.71. The van der Waals surface area contributed by atoms with Crippen molar-refractivity contribution in [2.24, 2.45) is 5.73 Å². The third-order valence-electron chi connectivity index (χ3n) is 0.829. The normalized spacial score (nSPS) is 13.6. The van der Waals surface area contributed by atoms with E-state index in [0.717, 1.165) is 0 Å². The van der Waals surface area contributed by atoms with E-state index in [1.807, 2.05) is 0 Å². The molecule has 0 saturated carbocycles. The molecule has 5 heteroatoms. The molecular formula is C5H12AsNO2S. The molecule has 0 amide bonds. The van der Waals surface area contributed by atoms with Crippen LogP contribution in [0, 0.1) is 0 Å². The minimum atomic E-state index is -0.900. The summed E-state index contributed by atoms with van der Waals surface area (Å²) >= 11 is -0.752. The first-order valence-electron chi connectivity index (χ1n) is 2.82. The Morgan fingerprint density at radius 2 is 2.30 bits per heavy atom. The van der Waals surface area contributed by atoms with Crippen LogP contribution in [0.2, 0.25) is 11.4 Å². The molecule has 0 bridgehead atoms. The molecule has 0 aromatic carbocycles. The van der Waals surface area contributed by atoms with Gasteiger partial charge in [-0.3, -0.25) is 0 Å². The molecule has 0 aliphatic rings. The summed E-state index contributed by atoms with van der Waals surface area (Å²) in [6.45, 7) is 0. The van der Waals surface area contributed by atoms with Gasteiger partial charge in [-0.15, -0.1) is 0 Å². The Kier molecular flexibility index (Phi) is 5.22. The van der Waals surface area contributed by atoms with Gasteiger partial charge in [0.15, 0.2) is 0 Å². The molecule has 60 valence electrons. The van der Waals surface area contributed by atoms with Crippen LogP contribution in [0.4, 0.5) is 0 Å². The first kappa shape index (κ1) is 10.3. The van der Waals surface area contributed by atoms with Crippen LogP contribution >= 0.6 is 10.0 Å². The molecule has 0 saturated heterocycles. The van der Waals surface area contributed by atoms with Crippen molar-refractivity contribution in [2.75, 3.05) is 5.75 Å². The molecule has 0 aromatic rings. The molecule has 0 rings (SSSR count). The summed E-state index contributed by atoms with van der Waals surface area (Å²) in [5, 5.41) is 8.37. The van der Waals surface area contributed by atoms with Crippen molar-refractivity contribution in [1.29, 1.82) is 0 Å². The van der Waals surface area contributed by atoms with Crippen molar-refractivity contribution in [2.45, 2.75) is 17.5 Å². The zero-order valence-electron chi connectivity index (χ0n) is 6.07. The molecule has 0 aliphatic heterocycles. The SMILES string of the molecule is C[As](C)SC[C@@H](N)C(=O)O. The molecule has 0 fully saturated rings. The predicted octanol–water partition coefficient (Wildman–Crippen LogP) is 0.383. The second-order valence-electron chi connectivity index (χ2n) is 2.05. The number of carbonyl (C=O) groups is 1. The van der Waals surface area contributed by atoms with Gasteiger partial charge in [-0.1, -0.05) is 0 Å². The van der Waals surface area contributed by atoms with Crippen LogP contribution in [0.5, 0.6) is 0 Å². The van der Waals surface area contributed by atoms with E-state index in [-0.39, 0.29) is 0 Å². The minimum absolute atomic E-state index is 0.558. The maximum atomic E-state index is 10.2. The van der Waals surface area contributed by atoms with Gasteiger partial charge in [-0.2, -0.15) is 0 Å². The average Bonchev–Trinajstić information content (AvgIpc) is 1.82. The first-order chi connectivity index (χ1) is 4.54. The van der Waals surface area contributed by atoms with Crippen LogP contribution in [0.1, 0.15) is 0 Å². The van der Waals surface area contributed by atoms with Crippen molar-refractivity contribution in [3.8, 4) is 0 Å². The van der Waals surface area contributed by atoms with Crippen molar-refractivity contribution in [1.82, 2.24) is 0 Å². The Hall–Kier alpha value is 0.338. The number of hydrogen-bond acceptors (Lipinski definition) is 3. The maximum absolute atomic E-state index is 10.2.